The van der Waals surface area contributed by atoms with Crippen LogP contribution in [0.15, 0.2) is 30.3 Å². The molecule has 0 saturated carbocycles. The van der Waals surface area contributed by atoms with E-state index in [0.29, 0.717) is 6.10 Å². The maximum atomic E-state index is 6.54. The zero-order valence-corrected chi connectivity index (χ0v) is 13.0. The molecule has 0 radical (unpaired) electrons. The van der Waals surface area contributed by atoms with Gasteiger partial charge in [0.1, 0.15) is 15.7 Å². The summed E-state index contributed by atoms with van der Waals surface area (Å²) in [5, 5.41) is 1.86. The molecule has 1 aliphatic rings. The fourth-order valence-electron chi connectivity index (χ4n) is 2.54. The molecule has 0 amide bonds. The van der Waals surface area contributed by atoms with Crippen molar-refractivity contribution in [1.82, 2.24) is 4.37 Å². The van der Waals surface area contributed by atoms with Crippen LogP contribution in [0.2, 0.25) is 5.02 Å². The van der Waals surface area contributed by atoms with Crippen molar-refractivity contribution in [2.75, 3.05) is 25.1 Å². The Morgan fingerprint density at radius 2 is 1.95 bits per heavy atom. The van der Waals surface area contributed by atoms with Crippen molar-refractivity contribution in [2.45, 2.75) is 18.9 Å². The van der Waals surface area contributed by atoms with E-state index in [1.807, 2.05) is 30.3 Å². The summed E-state index contributed by atoms with van der Waals surface area (Å²) in [6.45, 7) is 1.96. The molecular formula is C15H17ClN2OS. The van der Waals surface area contributed by atoms with E-state index < -0.39 is 0 Å². The highest BCUT2D eigenvalue weighted by Gasteiger charge is 2.24. The van der Waals surface area contributed by atoms with Crippen LogP contribution in [0.5, 0.6) is 0 Å². The largest absolute Gasteiger partial charge is 0.381 e. The second kappa shape index (κ2) is 6.12. The molecule has 20 heavy (non-hydrogen) atoms. The highest BCUT2D eigenvalue weighted by Crippen LogP contribution is 2.39. The van der Waals surface area contributed by atoms with Gasteiger partial charge in [-0.05, 0) is 24.4 Å². The number of anilines is 1. The number of benzene rings is 1. The third-order valence-electron chi connectivity index (χ3n) is 3.73. The smallest absolute Gasteiger partial charge is 0.131 e. The van der Waals surface area contributed by atoms with Crippen molar-refractivity contribution in [3.63, 3.8) is 0 Å². The predicted molar refractivity (Wildman–Crippen MR) is 84.8 cm³/mol. The molecule has 3 rings (SSSR count). The average Bonchev–Trinajstić information content (AvgIpc) is 2.90. The van der Waals surface area contributed by atoms with Crippen LogP contribution in [-0.4, -0.2) is 30.7 Å². The van der Waals surface area contributed by atoms with Crippen LogP contribution in [0.1, 0.15) is 12.8 Å². The number of hydrogen-bond acceptors (Lipinski definition) is 4. The number of halogens is 1. The van der Waals surface area contributed by atoms with Gasteiger partial charge in [0.05, 0.1) is 6.10 Å². The van der Waals surface area contributed by atoms with Crippen molar-refractivity contribution in [3.8, 4) is 11.3 Å². The first-order chi connectivity index (χ1) is 9.79. The molecule has 1 saturated heterocycles. The van der Waals surface area contributed by atoms with E-state index >= 15 is 0 Å². The summed E-state index contributed by atoms with van der Waals surface area (Å²) >= 11 is 8.03. The maximum Gasteiger partial charge on any atom is 0.131 e. The number of ether oxygens (including phenoxy) is 1. The summed E-state index contributed by atoms with van der Waals surface area (Å²) in [6.07, 6.45) is 2.48. The highest BCUT2D eigenvalue weighted by molar-refractivity contribution is 7.11. The second-order valence-electron chi connectivity index (χ2n) is 4.94. The van der Waals surface area contributed by atoms with E-state index in [1.165, 1.54) is 11.5 Å². The Balaban J connectivity index is 1.81. The molecule has 0 N–H and O–H groups in total. The first-order valence-electron chi connectivity index (χ1n) is 6.78. The van der Waals surface area contributed by atoms with Gasteiger partial charge in [-0.1, -0.05) is 41.9 Å². The Kier molecular flexibility index (Phi) is 4.24. The summed E-state index contributed by atoms with van der Waals surface area (Å²) in [4.78, 5) is 2.32. The Morgan fingerprint density at radius 1 is 1.25 bits per heavy atom. The fraction of sp³-hybridized carbons (Fsp3) is 0.400. The van der Waals surface area contributed by atoms with Gasteiger partial charge in [-0.2, -0.15) is 4.37 Å². The predicted octanol–water partition coefficient (Wildman–Crippen LogP) is 4.08. The zero-order chi connectivity index (χ0) is 13.9. The minimum atomic E-state index is 0.381. The quantitative estimate of drug-likeness (QED) is 0.854. The molecule has 1 fully saturated rings. The average molecular weight is 309 g/mol. The minimum Gasteiger partial charge on any atom is -0.381 e. The van der Waals surface area contributed by atoms with Gasteiger partial charge in [0.25, 0.3) is 0 Å². The lowest BCUT2D eigenvalue weighted by atomic mass is 10.1. The third-order valence-corrected chi connectivity index (χ3v) is 5.11. The minimum absolute atomic E-state index is 0.381. The van der Waals surface area contributed by atoms with E-state index in [4.69, 9.17) is 16.3 Å². The summed E-state index contributed by atoms with van der Waals surface area (Å²) < 4.78 is 9.95. The summed E-state index contributed by atoms with van der Waals surface area (Å²) in [7, 11) is 1.79. The van der Waals surface area contributed by atoms with Crippen molar-refractivity contribution in [1.29, 1.82) is 0 Å². The molecule has 0 bridgehead atoms. The zero-order valence-electron chi connectivity index (χ0n) is 11.4. The van der Waals surface area contributed by atoms with E-state index in [0.717, 1.165) is 47.2 Å². The molecule has 2 heterocycles. The molecule has 2 aromatic rings. The lowest BCUT2D eigenvalue weighted by Gasteiger charge is -2.31. The van der Waals surface area contributed by atoms with Crippen LogP contribution >= 0.6 is 23.1 Å². The summed E-state index contributed by atoms with van der Waals surface area (Å²) in [5.74, 6) is 0. The van der Waals surface area contributed by atoms with Gasteiger partial charge in [-0.15, -0.1) is 0 Å². The van der Waals surface area contributed by atoms with E-state index in [2.05, 4.69) is 9.27 Å². The Morgan fingerprint density at radius 3 is 2.60 bits per heavy atom. The van der Waals surface area contributed by atoms with Gasteiger partial charge in [0, 0.05) is 25.8 Å². The molecule has 1 aromatic carbocycles. The SMILES string of the molecule is COC1CCN(c2snc(-c3ccccc3)c2Cl)CC1. The monoisotopic (exact) mass is 308 g/mol. The second-order valence-corrected chi connectivity index (χ2v) is 6.07. The molecule has 0 spiro atoms. The Hall–Kier alpha value is -1.10. The number of methoxy groups -OCH3 is 1. The van der Waals surface area contributed by atoms with Crippen LogP contribution < -0.4 is 4.90 Å². The number of aromatic nitrogens is 1. The maximum absolute atomic E-state index is 6.54. The molecule has 0 aliphatic carbocycles. The van der Waals surface area contributed by atoms with Gasteiger partial charge in [0.15, 0.2) is 0 Å². The lowest BCUT2D eigenvalue weighted by molar-refractivity contribution is 0.0820. The third kappa shape index (κ3) is 2.68. The summed E-state index contributed by atoms with van der Waals surface area (Å²) in [5.41, 5.74) is 1.97. The Bertz CT molecular complexity index is 565. The van der Waals surface area contributed by atoms with E-state index in [9.17, 15) is 0 Å². The highest BCUT2D eigenvalue weighted by atomic mass is 35.5. The number of nitrogens with zero attached hydrogens (tertiary/aromatic N) is 2. The van der Waals surface area contributed by atoms with Crippen LogP contribution in [0.3, 0.4) is 0 Å². The number of rotatable bonds is 3. The standard InChI is InChI=1S/C15H17ClN2OS/c1-19-12-7-9-18(10-8-12)15-13(16)14(17-20-15)11-5-3-2-4-6-11/h2-6,12H,7-10H2,1H3. The molecule has 5 heteroatoms. The van der Waals surface area contributed by atoms with Crippen LogP contribution in [0.25, 0.3) is 11.3 Å². The van der Waals surface area contributed by atoms with Crippen LogP contribution in [0, 0.1) is 0 Å². The fourth-order valence-corrected chi connectivity index (χ4v) is 3.81. The van der Waals surface area contributed by atoms with Gasteiger partial charge >= 0.3 is 0 Å². The molecule has 1 aromatic heterocycles. The molecule has 3 nitrogen and oxygen atoms in total. The van der Waals surface area contributed by atoms with Crippen molar-refractivity contribution in [3.05, 3.63) is 35.4 Å². The molecule has 106 valence electrons. The van der Waals surface area contributed by atoms with Crippen molar-refractivity contribution in [2.24, 2.45) is 0 Å². The van der Waals surface area contributed by atoms with Gasteiger partial charge < -0.3 is 9.64 Å². The number of hydrogen-bond donors (Lipinski definition) is 0. The molecule has 0 unspecified atom stereocenters. The molecular weight excluding hydrogens is 292 g/mol. The first-order valence-corrected chi connectivity index (χ1v) is 7.93. The molecule has 1 aliphatic heterocycles. The summed E-state index contributed by atoms with van der Waals surface area (Å²) in [6, 6.07) is 10.1. The first kappa shape index (κ1) is 13.9. The van der Waals surface area contributed by atoms with Gasteiger partial charge in [-0.25, -0.2) is 0 Å². The van der Waals surface area contributed by atoms with Crippen molar-refractivity contribution >= 4 is 28.1 Å². The van der Waals surface area contributed by atoms with E-state index in [1.54, 1.807) is 7.11 Å². The molecule has 0 atom stereocenters. The van der Waals surface area contributed by atoms with Crippen LogP contribution in [-0.2, 0) is 4.74 Å². The van der Waals surface area contributed by atoms with Gasteiger partial charge in [0.2, 0.25) is 0 Å². The topological polar surface area (TPSA) is 25.4 Å². The number of piperidine rings is 1. The van der Waals surface area contributed by atoms with Gasteiger partial charge in [-0.3, -0.25) is 0 Å². The van der Waals surface area contributed by atoms with E-state index in [-0.39, 0.29) is 0 Å². The van der Waals surface area contributed by atoms with Crippen LogP contribution in [0.4, 0.5) is 5.00 Å². The Labute approximate surface area is 128 Å². The normalized spacial score (nSPS) is 16.6. The lowest BCUT2D eigenvalue weighted by Crippen LogP contribution is -2.36. The van der Waals surface area contributed by atoms with Crippen molar-refractivity contribution < 1.29 is 4.74 Å².